The number of hydrogen-bond donors (Lipinski definition) is 2. The Kier molecular flexibility index (Phi) is 5.52. The molecule has 1 aromatic heterocycles. The lowest BCUT2D eigenvalue weighted by Crippen LogP contribution is -2.14. The maximum Gasteiger partial charge on any atom is 0.300 e. The summed E-state index contributed by atoms with van der Waals surface area (Å²) in [6.07, 6.45) is 5.64. The fourth-order valence-corrected chi connectivity index (χ4v) is 2.36. The minimum Gasteiger partial charge on any atom is -0.325 e. The largest absolute Gasteiger partial charge is 0.325 e. The number of anilines is 3. The van der Waals surface area contributed by atoms with Gasteiger partial charge in [0.2, 0.25) is 11.7 Å². The number of aliphatic imine (C=N–C) groups is 1. The Morgan fingerprint density at radius 1 is 1.22 bits per heavy atom. The van der Waals surface area contributed by atoms with E-state index < -0.39 is 12.2 Å². The molecule has 0 saturated heterocycles. The molecule has 0 aliphatic carbocycles. The number of nitrogens with one attached hydrogen (secondary N) is 2. The van der Waals surface area contributed by atoms with Gasteiger partial charge < -0.3 is 10.6 Å². The number of hydrogen-bond acceptors (Lipinski definition) is 6. The van der Waals surface area contributed by atoms with Crippen LogP contribution < -0.4 is 10.6 Å². The molecule has 2 aromatic rings. The van der Waals surface area contributed by atoms with Crippen LogP contribution in [0.3, 0.4) is 0 Å². The molecule has 1 aliphatic heterocycles. The van der Waals surface area contributed by atoms with Crippen molar-refractivity contribution >= 4 is 29.1 Å². The highest BCUT2D eigenvalue weighted by molar-refractivity contribution is 6.12. The molecule has 1 aliphatic rings. The highest BCUT2D eigenvalue weighted by Gasteiger charge is 2.23. The summed E-state index contributed by atoms with van der Waals surface area (Å²) in [5.41, 5.74) is 1.78. The molecule has 2 N–H and O–H groups in total. The highest BCUT2D eigenvalue weighted by Crippen LogP contribution is 2.17. The molecule has 0 atom stereocenters. The van der Waals surface area contributed by atoms with Crippen molar-refractivity contribution in [3.8, 4) is 12.3 Å². The fourth-order valence-electron chi connectivity index (χ4n) is 2.36. The van der Waals surface area contributed by atoms with Gasteiger partial charge >= 0.3 is 0 Å². The van der Waals surface area contributed by atoms with Crippen LogP contribution in [0.4, 0.5) is 26.2 Å². The molecule has 0 amide bonds. The van der Waals surface area contributed by atoms with Crippen molar-refractivity contribution in [2.75, 3.05) is 17.2 Å². The van der Waals surface area contributed by atoms with Crippen LogP contribution in [0.5, 0.6) is 0 Å². The number of terminal acetylenes is 1. The summed E-state index contributed by atoms with van der Waals surface area (Å²) >= 11 is 0. The van der Waals surface area contributed by atoms with E-state index >= 15 is 0 Å². The number of nitrogens with zero attached hydrogens (tertiary/aromatic N) is 3. The van der Waals surface area contributed by atoms with E-state index in [4.69, 9.17) is 6.42 Å². The van der Waals surface area contributed by atoms with Gasteiger partial charge in [0.05, 0.1) is 6.54 Å². The van der Waals surface area contributed by atoms with Crippen LogP contribution in [-0.4, -0.2) is 34.6 Å². The van der Waals surface area contributed by atoms with Crippen molar-refractivity contribution in [2.45, 2.75) is 12.8 Å². The molecule has 1 aromatic carbocycles. The van der Waals surface area contributed by atoms with Crippen LogP contribution >= 0.6 is 0 Å². The van der Waals surface area contributed by atoms with Gasteiger partial charge in [0.15, 0.2) is 0 Å². The van der Waals surface area contributed by atoms with Gasteiger partial charge in [-0.2, -0.15) is 4.98 Å². The number of carbonyl (C=O) groups is 1. The second-order valence-corrected chi connectivity index (χ2v) is 5.63. The van der Waals surface area contributed by atoms with Gasteiger partial charge in [-0.15, -0.1) is 12.3 Å². The van der Waals surface area contributed by atoms with Crippen molar-refractivity contribution in [1.82, 2.24) is 9.97 Å². The molecule has 0 spiro atoms. The van der Waals surface area contributed by atoms with Gasteiger partial charge in [-0.1, -0.05) is 12.1 Å². The lowest BCUT2D eigenvalue weighted by atomic mass is 10.1. The summed E-state index contributed by atoms with van der Waals surface area (Å²) in [6.45, 7) is -0.0777. The maximum absolute atomic E-state index is 12.5. The van der Waals surface area contributed by atoms with Crippen LogP contribution in [-0.2, 0) is 11.2 Å². The zero-order chi connectivity index (χ0) is 19.2. The number of alkyl halides is 2. The molecule has 0 fully saturated rings. The predicted octanol–water partition coefficient (Wildman–Crippen LogP) is 2.98. The number of aromatic nitrogens is 2. The van der Waals surface area contributed by atoms with Gasteiger partial charge in [0.1, 0.15) is 11.7 Å². The second kappa shape index (κ2) is 8.19. The smallest absolute Gasteiger partial charge is 0.300 e. The second-order valence-electron chi connectivity index (χ2n) is 5.63. The third-order valence-electron chi connectivity index (χ3n) is 3.67. The predicted molar refractivity (Wildman–Crippen MR) is 99.3 cm³/mol. The molecular weight excluding hydrogens is 352 g/mol. The molecule has 3 rings (SSSR count). The number of carbonyl (C=O) groups excluding carboxylic acids is 1. The lowest BCUT2D eigenvalue weighted by Gasteiger charge is -2.08. The Labute approximate surface area is 154 Å². The van der Waals surface area contributed by atoms with Crippen LogP contribution in [0.25, 0.3) is 0 Å². The van der Waals surface area contributed by atoms with E-state index in [1.807, 2.05) is 24.3 Å². The standard InChI is InChI=1S/C19H15F2N5O/c1-2-3-12-4-6-14(7-5-12)24-19-22-9-8-15(26-19)25-16-10-13(11-23-16)17(27)18(20)21/h1,4-10,18H,3,11H2,(H2,22,23,24,25,26). The Hall–Kier alpha value is -3.60. The van der Waals surface area contributed by atoms with Crippen LogP contribution in [0.1, 0.15) is 5.56 Å². The highest BCUT2D eigenvalue weighted by atomic mass is 19.3. The molecule has 0 unspecified atom stereocenters. The number of halogens is 2. The normalized spacial score (nSPS) is 13.0. The summed E-state index contributed by atoms with van der Waals surface area (Å²) in [5.74, 6) is 2.42. The van der Waals surface area contributed by atoms with Crippen molar-refractivity contribution < 1.29 is 13.6 Å². The molecule has 6 nitrogen and oxygen atoms in total. The summed E-state index contributed by atoms with van der Waals surface area (Å²) in [6, 6.07) is 9.14. The van der Waals surface area contributed by atoms with Crippen molar-refractivity contribution in [2.24, 2.45) is 4.99 Å². The van der Waals surface area contributed by atoms with Crippen molar-refractivity contribution in [3.63, 3.8) is 0 Å². The molecule has 0 saturated carbocycles. The Morgan fingerprint density at radius 3 is 2.70 bits per heavy atom. The average molecular weight is 367 g/mol. The van der Waals surface area contributed by atoms with E-state index in [1.54, 1.807) is 6.07 Å². The zero-order valence-electron chi connectivity index (χ0n) is 14.1. The minimum atomic E-state index is -3.03. The Balaban J connectivity index is 1.66. The van der Waals surface area contributed by atoms with Gasteiger partial charge in [0, 0.05) is 23.9 Å². The van der Waals surface area contributed by atoms with Crippen molar-refractivity contribution in [1.29, 1.82) is 0 Å². The van der Waals surface area contributed by atoms with E-state index in [9.17, 15) is 13.6 Å². The van der Waals surface area contributed by atoms with E-state index in [-0.39, 0.29) is 12.1 Å². The lowest BCUT2D eigenvalue weighted by molar-refractivity contribution is -0.125. The summed E-state index contributed by atoms with van der Waals surface area (Å²) < 4.78 is 24.9. The molecule has 8 heteroatoms. The molecular formula is C19H15F2N5O. The van der Waals surface area contributed by atoms with E-state index in [2.05, 4.69) is 31.5 Å². The summed E-state index contributed by atoms with van der Waals surface area (Å²) in [4.78, 5) is 23.7. The first-order valence-electron chi connectivity index (χ1n) is 8.02. The Morgan fingerprint density at radius 2 is 2.00 bits per heavy atom. The number of ketones is 1. The van der Waals surface area contributed by atoms with Gasteiger partial charge in [-0.3, -0.25) is 9.79 Å². The van der Waals surface area contributed by atoms with Gasteiger partial charge in [-0.05, 0) is 29.8 Å². The van der Waals surface area contributed by atoms with Crippen molar-refractivity contribution in [3.05, 3.63) is 53.7 Å². The number of benzene rings is 1. The first-order valence-corrected chi connectivity index (χ1v) is 8.02. The van der Waals surface area contributed by atoms with Crippen LogP contribution in [0, 0.1) is 12.3 Å². The monoisotopic (exact) mass is 367 g/mol. The molecule has 136 valence electrons. The SMILES string of the molecule is C#CCc1ccc(Nc2nccc(NC3=NCC(C(=O)C(F)F)=C3)n2)cc1. The molecule has 27 heavy (non-hydrogen) atoms. The van der Waals surface area contributed by atoms with E-state index in [1.165, 1.54) is 12.3 Å². The quantitative estimate of drug-likeness (QED) is 0.768. The summed E-state index contributed by atoms with van der Waals surface area (Å²) in [7, 11) is 0. The average Bonchev–Trinajstić information content (AvgIpc) is 3.11. The molecule has 0 radical (unpaired) electrons. The molecule has 0 bridgehead atoms. The fraction of sp³-hybridized carbons (Fsp3) is 0.158. The van der Waals surface area contributed by atoms with Crippen LogP contribution in [0.15, 0.2) is 53.2 Å². The first kappa shape index (κ1) is 18.2. The third kappa shape index (κ3) is 4.73. The summed E-state index contributed by atoms with van der Waals surface area (Å²) in [5, 5.41) is 5.94. The number of amidine groups is 1. The maximum atomic E-state index is 12.5. The number of rotatable bonds is 6. The first-order chi connectivity index (χ1) is 13.0. The minimum absolute atomic E-state index is 0.0352. The zero-order valence-corrected chi connectivity index (χ0v) is 14.1. The topological polar surface area (TPSA) is 79.3 Å². The Bertz CT molecular complexity index is 945. The van der Waals surface area contributed by atoms with Crippen LogP contribution in [0.2, 0.25) is 0 Å². The third-order valence-corrected chi connectivity index (χ3v) is 3.67. The van der Waals surface area contributed by atoms with E-state index in [0.29, 0.717) is 24.0 Å². The van der Waals surface area contributed by atoms with E-state index in [0.717, 1.165) is 11.3 Å². The van der Waals surface area contributed by atoms with Gasteiger partial charge in [0.25, 0.3) is 6.43 Å². The number of Topliss-reactive ketones (excluding diaryl/α,β-unsaturated/α-hetero) is 1. The molecule has 2 heterocycles. The van der Waals surface area contributed by atoms with Gasteiger partial charge in [-0.25, -0.2) is 13.8 Å².